The van der Waals surface area contributed by atoms with E-state index in [9.17, 15) is 8.42 Å². The number of aliphatic hydroxyl groups excluding tert-OH is 1. The molecule has 0 amide bonds. The van der Waals surface area contributed by atoms with Gasteiger partial charge in [-0.2, -0.15) is 0 Å². The molecule has 0 aromatic heterocycles. The molecule has 1 atom stereocenters. The van der Waals surface area contributed by atoms with Crippen LogP contribution in [-0.2, 0) is 10.0 Å². The average molecular weight is 388 g/mol. The van der Waals surface area contributed by atoms with E-state index in [1.165, 1.54) is 6.07 Å². The number of halogens is 2. The summed E-state index contributed by atoms with van der Waals surface area (Å²) >= 11 is 6.37. The summed E-state index contributed by atoms with van der Waals surface area (Å²) in [5, 5.41) is 8.85. The molecule has 8 heteroatoms. The number of hydrogen-bond donors (Lipinski definition) is 3. The lowest BCUT2D eigenvalue weighted by atomic mass is 10.3. The van der Waals surface area contributed by atoms with Crippen LogP contribution in [0.2, 0.25) is 0 Å². The molecule has 1 unspecified atom stereocenters. The number of anilines is 1. The highest BCUT2D eigenvalue weighted by Crippen LogP contribution is 2.31. The number of rotatable bonds is 4. The molecule has 0 bridgehead atoms. The van der Waals surface area contributed by atoms with E-state index in [1.54, 1.807) is 13.0 Å². The summed E-state index contributed by atoms with van der Waals surface area (Å²) in [7, 11) is -3.75. The summed E-state index contributed by atoms with van der Waals surface area (Å²) < 4.78 is 27.4. The lowest BCUT2D eigenvalue weighted by Gasteiger charge is -2.14. The lowest BCUT2D eigenvalue weighted by molar-refractivity contribution is 0.265. The summed E-state index contributed by atoms with van der Waals surface area (Å²) in [5.41, 5.74) is 5.81. The van der Waals surface area contributed by atoms with Crippen molar-refractivity contribution in [2.45, 2.75) is 17.9 Å². The van der Waals surface area contributed by atoms with Gasteiger partial charge < -0.3 is 10.8 Å². The largest absolute Gasteiger partial charge is 0.398 e. The fourth-order valence-electron chi connectivity index (χ4n) is 1.22. The first kappa shape index (κ1) is 14.9. The highest BCUT2D eigenvalue weighted by Gasteiger charge is 2.23. The van der Waals surface area contributed by atoms with Crippen LogP contribution in [0, 0.1) is 0 Å². The van der Waals surface area contributed by atoms with Gasteiger partial charge in [0.1, 0.15) is 4.90 Å². The minimum absolute atomic E-state index is 0.0269. The molecule has 0 fully saturated rings. The normalized spacial score (nSPS) is 13.6. The molecule has 0 saturated carbocycles. The summed E-state index contributed by atoms with van der Waals surface area (Å²) in [6, 6.07) is 2.52. The third-order valence-electron chi connectivity index (χ3n) is 1.94. The first-order chi connectivity index (χ1) is 7.77. The molecule has 0 saturated heterocycles. The SMILES string of the molecule is CC(CO)NS(=O)(=O)c1c(N)cc(Br)cc1Br. The monoisotopic (exact) mass is 386 g/mol. The maximum absolute atomic E-state index is 12.0. The van der Waals surface area contributed by atoms with E-state index in [0.29, 0.717) is 8.95 Å². The molecule has 0 aliphatic heterocycles. The minimum atomic E-state index is -3.75. The van der Waals surface area contributed by atoms with Gasteiger partial charge in [0.05, 0.1) is 12.3 Å². The number of nitrogen functional groups attached to an aromatic ring is 1. The van der Waals surface area contributed by atoms with E-state index in [4.69, 9.17) is 10.8 Å². The quantitative estimate of drug-likeness (QED) is 0.681. The van der Waals surface area contributed by atoms with Gasteiger partial charge in [-0.1, -0.05) is 15.9 Å². The Labute approximate surface area is 117 Å². The third-order valence-corrected chi connectivity index (χ3v) is 4.99. The van der Waals surface area contributed by atoms with E-state index < -0.39 is 16.1 Å². The molecule has 4 N–H and O–H groups in total. The molecule has 0 radical (unpaired) electrons. The van der Waals surface area contributed by atoms with Crippen molar-refractivity contribution in [2.24, 2.45) is 0 Å². The van der Waals surface area contributed by atoms with Crippen LogP contribution in [0.1, 0.15) is 6.92 Å². The van der Waals surface area contributed by atoms with Crippen LogP contribution in [0.5, 0.6) is 0 Å². The number of nitrogens with two attached hydrogens (primary N) is 1. The van der Waals surface area contributed by atoms with Gasteiger partial charge >= 0.3 is 0 Å². The Kier molecular flexibility index (Phi) is 4.96. The molecule has 0 aliphatic carbocycles. The predicted molar refractivity (Wildman–Crippen MR) is 73.1 cm³/mol. The molecule has 17 heavy (non-hydrogen) atoms. The van der Waals surface area contributed by atoms with Crippen LogP contribution in [0.4, 0.5) is 5.69 Å². The number of aliphatic hydroxyl groups is 1. The van der Waals surface area contributed by atoms with Crippen LogP contribution in [0.3, 0.4) is 0 Å². The van der Waals surface area contributed by atoms with Gasteiger partial charge in [0, 0.05) is 15.0 Å². The maximum Gasteiger partial charge on any atom is 0.244 e. The third kappa shape index (κ3) is 3.65. The smallest absolute Gasteiger partial charge is 0.244 e. The van der Waals surface area contributed by atoms with Crippen LogP contribution in [0.25, 0.3) is 0 Å². The fraction of sp³-hybridized carbons (Fsp3) is 0.333. The standard InChI is InChI=1S/C9H12Br2N2O3S/c1-5(4-14)13-17(15,16)9-7(11)2-6(10)3-8(9)12/h2-3,5,13-14H,4,12H2,1H3. The van der Waals surface area contributed by atoms with Gasteiger partial charge in [-0.05, 0) is 35.0 Å². The zero-order valence-corrected chi connectivity index (χ0v) is 12.9. The van der Waals surface area contributed by atoms with Crippen LogP contribution >= 0.6 is 31.9 Å². The highest BCUT2D eigenvalue weighted by atomic mass is 79.9. The second kappa shape index (κ2) is 5.66. The molecule has 0 aliphatic rings. The Hall–Kier alpha value is -0.150. The maximum atomic E-state index is 12.0. The Morgan fingerprint density at radius 1 is 1.47 bits per heavy atom. The zero-order chi connectivity index (χ0) is 13.2. The Morgan fingerprint density at radius 2 is 2.06 bits per heavy atom. The zero-order valence-electron chi connectivity index (χ0n) is 8.94. The van der Waals surface area contributed by atoms with Crippen molar-refractivity contribution in [1.29, 1.82) is 0 Å². The van der Waals surface area contributed by atoms with Crippen molar-refractivity contribution < 1.29 is 13.5 Å². The summed E-state index contributed by atoms with van der Waals surface area (Å²) in [6.07, 6.45) is 0. The first-order valence-electron chi connectivity index (χ1n) is 4.65. The molecule has 0 spiro atoms. The number of sulfonamides is 1. The first-order valence-corrected chi connectivity index (χ1v) is 7.72. The fourth-order valence-corrected chi connectivity index (χ4v) is 4.53. The minimum Gasteiger partial charge on any atom is -0.398 e. The topological polar surface area (TPSA) is 92.4 Å². The van der Waals surface area contributed by atoms with E-state index in [-0.39, 0.29) is 17.2 Å². The predicted octanol–water partition coefficient (Wildman–Crippen LogP) is 1.45. The van der Waals surface area contributed by atoms with Crippen molar-refractivity contribution in [3.05, 3.63) is 21.1 Å². The van der Waals surface area contributed by atoms with Gasteiger partial charge in [-0.25, -0.2) is 13.1 Å². The van der Waals surface area contributed by atoms with E-state index in [1.807, 2.05) is 0 Å². The molecule has 1 rings (SSSR count). The molecule has 0 heterocycles. The second-order valence-electron chi connectivity index (χ2n) is 3.51. The average Bonchev–Trinajstić information content (AvgIpc) is 2.14. The van der Waals surface area contributed by atoms with Crippen molar-refractivity contribution in [3.8, 4) is 0 Å². The van der Waals surface area contributed by atoms with E-state index in [2.05, 4.69) is 36.6 Å². The van der Waals surface area contributed by atoms with Gasteiger partial charge in [0.2, 0.25) is 10.0 Å². The van der Waals surface area contributed by atoms with Gasteiger partial charge in [-0.3, -0.25) is 0 Å². The molecular weight excluding hydrogens is 376 g/mol. The number of hydrogen-bond acceptors (Lipinski definition) is 4. The molecule has 1 aromatic carbocycles. The highest BCUT2D eigenvalue weighted by molar-refractivity contribution is 9.11. The van der Waals surface area contributed by atoms with E-state index in [0.717, 1.165) is 0 Å². The number of nitrogens with one attached hydrogen (secondary N) is 1. The van der Waals surface area contributed by atoms with Crippen molar-refractivity contribution >= 4 is 47.6 Å². The molecule has 5 nitrogen and oxygen atoms in total. The molecular formula is C9H12Br2N2O3S. The van der Waals surface area contributed by atoms with Crippen LogP contribution in [-0.4, -0.2) is 26.2 Å². The Bertz CT molecular complexity index is 496. The lowest BCUT2D eigenvalue weighted by Crippen LogP contribution is -2.35. The van der Waals surface area contributed by atoms with Crippen LogP contribution < -0.4 is 10.5 Å². The molecule has 1 aromatic rings. The van der Waals surface area contributed by atoms with Crippen molar-refractivity contribution in [3.63, 3.8) is 0 Å². The molecule has 96 valence electrons. The van der Waals surface area contributed by atoms with Crippen LogP contribution in [0.15, 0.2) is 26.0 Å². The van der Waals surface area contributed by atoms with Gasteiger partial charge in [0.15, 0.2) is 0 Å². The van der Waals surface area contributed by atoms with Crippen molar-refractivity contribution in [1.82, 2.24) is 4.72 Å². The summed E-state index contributed by atoms with van der Waals surface area (Å²) in [4.78, 5) is -0.0269. The summed E-state index contributed by atoms with van der Waals surface area (Å²) in [5.74, 6) is 0. The Balaban J connectivity index is 3.25. The van der Waals surface area contributed by atoms with Gasteiger partial charge in [0.25, 0.3) is 0 Å². The van der Waals surface area contributed by atoms with E-state index >= 15 is 0 Å². The number of benzene rings is 1. The van der Waals surface area contributed by atoms with Crippen molar-refractivity contribution in [2.75, 3.05) is 12.3 Å². The summed E-state index contributed by atoms with van der Waals surface area (Å²) in [6.45, 7) is 1.27. The van der Waals surface area contributed by atoms with Gasteiger partial charge in [-0.15, -0.1) is 0 Å². The second-order valence-corrected chi connectivity index (χ2v) is 6.93. The Morgan fingerprint density at radius 3 is 2.53 bits per heavy atom.